The minimum absolute atomic E-state index is 0.119. The zero-order chi connectivity index (χ0) is 16.4. The molecule has 0 saturated heterocycles. The lowest BCUT2D eigenvalue weighted by Gasteiger charge is -2.18. The van der Waals surface area contributed by atoms with Gasteiger partial charge in [0.25, 0.3) is 0 Å². The SMILES string of the molecule is CC(CC(F)(F)F)Nc1ccc(S(N)(=O)=O)cc1C(=O)O. The highest BCUT2D eigenvalue weighted by Gasteiger charge is 2.30. The first-order valence-electron chi connectivity index (χ1n) is 5.63. The number of primary sulfonamides is 1. The fraction of sp³-hybridized carbons (Fsp3) is 0.364. The van der Waals surface area contributed by atoms with E-state index in [2.05, 4.69) is 5.32 Å². The van der Waals surface area contributed by atoms with E-state index in [1.807, 2.05) is 0 Å². The number of carboxylic acid groups (broad SMARTS) is 1. The van der Waals surface area contributed by atoms with Crippen LogP contribution in [0.3, 0.4) is 0 Å². The third-order valence-corrected chi connectivity index (χ3v) is 3.40. The summed E-state index contributed by atoms with van der Waals surface area (Å²) in [7, 11) is -4.10. The van der Waals surface area contributed by atoms with E-state index in [1.54, 1.807) is 0 Å². The van der Waals surface area contributed by atoms with Crippen molar-refractivity contribution >= 4 is 21.7 Å². The summed E-state index contributed by atoms with van der Waals surface area (Å²) in [6.45, 7) is 1.23. The number of carbonyl (C=O) groups is 1. The molecule has 1 rings (SSSR count). The van der Waals surface area contributed by atoms with Gasteiger partial charge in [-0.05, 0) is 25.1 Å². The predicted molar refractivity (Wildman–Crippen MR) is 68.5 cm³/mol. The molecule has 6 nitrogen and oxygen atoms in total. The van der Waals surface area contributed by atoms with Gasteiger partial charge in [-0.1, -0.05) is 0 Å². The van der Waals surface area contributed by atoms with Crippen LogP contribution in [-0.2, 0) is 10.0 Å². The zero-order valence-corrected chi connectivity index (χ0v) is 11.6. The van der Waals surface area contributed by atoms with Gasteiger partial charge in [-0.25, -0.2) is 18.4 Å². The molecular formula is C11H13F3N2O4S. The number of hydrogen-bond acceptors (Lipinski definition) is 4. The monoisotopic (exact) mass is 326 g/mol. The fourth-order valence-electron chi connectivity index (χ4n) is 1.67. The maximum atomic E-state index is 12.2. The lowest BCUT2D eigenvalue weighted by atomic mass is 10.1. The minimum Gasteiger partial charge on any atom is -0.478 e. The molecule has 1 atom stereocenters. The molecule has 118 valence electrons. The van der Waals surface area contributed by atoms with Crippen molar-refractivity contribution in [2.45, 2.75) is 30.5 Å². The Kier molecular flexibility index (Phi) is 4.84. The largest absolute Gasteiger partial charge is 0.478 e. The standard InChI is InChI=1S/C11H13F3N2O4S/c1-6(5-11(12,13)14)16-9-3-2-7(21(15,19)20)4-8(9)10(17)18/h2-4,6,16H,5H2,1H3,(H,17,18)(H2,15,19,20). The number of nitrogens with one attached hydrogen (secondary N) is 1. The van der Waals surface area contributed by atoms with Crippen molar-refractivity contribution in [3.05, 3.63) is 23.8 Å². The lowest BCUT2D eigenvalue weighted by Crippen LogP contribution is -2.25. The van der Waals surface area contributed by atoms with Crippen LogP contribution in [0.15, 0.2) is 23.1 Å². The van der Waals surface area contributed by atoms with Crippen molar-refractivity contribution in [1.29, 1.82) is 0 Å². The Morgan fingerprint density at radius 3 is 2.43 bits per heavy atom. The molecule has 10 heteroatoms. The average Bonchev–Trinajstić information content (AvgIpc) is 2.24. The smallest absolute Gasteiger partial charge is 0.391 e. The first-order valence-corrected chi connectivity index (χ1v) is 7.18. The summed E-state index contributed by atoms with van der Waals surface area (Å²) in [6, 6.07) is 1.80. The molecule has 0 aliphatic heterocycles. The van der Waals surface area contributed by atoms with E-state index in [0.29, 0.717) is 0 Å². The maximum absolute atomic E-state index is 12.2. The van der Waals surface area contributed by atoms with Crippen molar-refractivity contribution in [3.8, 4) is 0 Å². The number of hydrogen-bond donors (Lipinski definition) is 3. The second-order valence-corrected chi connectivity index (χ2v) is 5.98. The van der Waals surface area contributed by atoms with Crippen molar-refractivity contribution in [3.63, 3.8) is 0 Å². The van der Waals surface area contributed by atoms with E-state index in [0.717, 1.165) is 18.2 Å². The molecule has 0 amide bonds. The Hall–Kier alpha value is -1.81. The van der Waals surface area contributed by atoms with E-state index >= 15 is 0 Å². The van der Waals surface area contributed by atoms with Gasteiger partial charge >= 0.3 is 12.1 Å². The van der Waals surface area contributed by atoms with Gasteiger partial charge in [0.1, 0.15) is 0 Å². The van der Waals surface area contributed by atoms with E-state index < -0.39 is 45.1 Å². The summed E-state index contributed by atoms with van der Waals surface area (Å²) >= 11 is 0. The average molecular weight is 326 g/mol. The fourth-order valence-corrected chi connectivity index (χ4v) is 2.21. The number of aromatic carboxylic acids is 1. The number of benzene rings is 1. The van der Waals surface area contributed by atoms with Crippen LogP contribution in [-0.4, -0.2) is 31.7 Å². The molecule has 1 unspecified atom stereocenters. The van der Waals surface area contributed by atoms with Crippen molar-refractivity contribution < 1.29 is 31.5 Å². The van der Waals surface area contributed by atoms with Gasteiger partial charge in [-0.3, -0.25) is 0 Å². The van der Waals surface area contributed by atoms with Gasteiger partial charge in [0, 0.05) is 11.7 Å². The minimum atomic E-state index is -4.41. The van der Waals surface area contributed by atoms with Gasteiger partial charge in [0.2, 0.25) is 10.0 Å². The highest BCUT2D eigenvalue weighted by Crippen LogP contribution is 2.25. The Morgan fingerprint density at radius 2 is 2.00 bits per heavy atom. The molecule has 4 N–H and O–H groups in total. The van der Waals surface area contributed by atoms with Crippen molar-refractivity contribution in [2.24, 2.45) is 5.14 Å². The first kappa shape index (κ1) is 17.2. The molecule has 0 spiro atoms. The zero-order valence-electron chi connectivity index (χ0n) is 10.8. The molecule has 0 bridgehead atoms. The van der Waals surface area contributed by atoms with Gasteiger partial charge in [0.15, 0.2) is 0 Å². The quantitative estimate of drug-likeness (QED) is 0.764. The third kappa shape index (κ3) is 5.23. The van der Waals surface area contributed by atoms with Crippen LogP contribution in [0.2, 0.25) is 0 Å². The van der Waals surface area contributed by atoms with Crippen LogP contribution >= 0.6 is 0 Å². The van der Waals surface area contributed by atoms with Crippen molar-refractivity contribution in [1.82, 2.24) is 0 Å². The van der Waals surface area contributed by atoms with Crippen LogP contribution < -0.4 is 10.5 Å². The summed E-state index contributed by atoms with van der Waals surface area (Å²) < 4.78 is 59.0. The number of halogens is 3. The van der Waals surface area contributed by atoms with Gasteiger partial charge in [0.05, 0.1) is 16.9 Å². The Balaban J connectivity index is 3.11. The van der Waals surface area contributed by atoms with E-state index in [-0.39, 0.29) is 5.69 Å². The molecule has 1 aromatic rings. The molecule has 0 aromatic heterocycles. The van der Waals surface area contributed by atoms with Gasteiger partial charge in [-0.15, -0.1) is 0 Å². The number of rotatable bonds is 5. The highest BCUT2D eigenvalue weighted by atomic mass is 32.2. The summed E-state index contributed by atoms with van der Waals surface area (Å²) in [6.07, 6.45) is -5.57. The Morgan fingerprint density at radius 1 is 1.43 bits per heavy atom. The topological polar surface area (TPSA) is 109 Å². The Labute approximate surface area is 118 Å². The summed E-state index contributed by atoms with van der Waals surface area (Å²) in [4.78, 5) is 10.6. The maximum Gasteiger partial charge on any atom is 0.391 e. The third-order valence-electron chi connectivity index (χ3n) is 2.49. The second-order valence-electron chi connectivity index (χ2n) is 4.42. The molecule has 0 fully saturated rings. The summed E-state index contributed by atoms with van der Waals surface area (Å²) in [5, 5.41) is 16.3. The summed E-state index contributed by atoms with van der Waals surface area (Å²) in [5.74, 6) is -1.48. The molecule has 0 radical (unpaired) electrons. The van der Waals surface area contributed by atoms with Gasteiger partial charge in [-0.2, -0.15) is 13.2 Å². The molecule has 0 saturated carbocycles. The van der Waals surface area contributed by atoms with Gasteiger partial charge < -0.3 is 10.4 Å². The van der Waals surface area contributed by atoms with E-state index in [4.69, 9.17) is 10.2 Å². The number of anilines is 1. The summed E-state index contributed by atoms with van der Waals surface area (Å²) in [5.41, 5.74) is -0.595. The lowest BCUT2D eigenvalue weighted by molar-refractivity contribution is -0.136. The molecule has 21 heavy (non-hydrogen) atoms. The van der Waals surface area contributed by atoms with E-state index in [1.165, 1.54) is 6.92 Å². The number of sulfonamides is 1. The number of carboxylic acids is 1. The molecular weight excluding hydrogens is 313 g/mol. The predicted octanol–water partition coefficient (Wildman–Crippen LogP) is 1.79. The van der Waals surface area contributed by atoms with Crippen LogP contribution in [0.4, 0.5) is 18.9 Å². The molecule has 0 aliphatic carbocycles. The van der Waals surface area contributed by atoms with Crippen LogP contribution in [0.5, 0.6) is 0 Å². The normalized spacial score (nSPS) is 13.8. The first-order chi connectivity index (χ1) is 9.40. The highest BCUT2D eigenvalue weighted by molar-refractivity contribution is 7.89. The van der Waals surface area contributed by atoms with Crippen LogP contribution in [0, 0.1) is 0 Å². The number of alkyl halides is 3. The van der Waals surface area contributed by atoms with Crippen LogP contribution in [0.1, 0.15) is 23.7 Å². The molecule has 0 aliphatic rings. The Bertz CT molecular complexity index is 643. The molecule has 1 aromatic carbocycles. The van der Waals surface area contributed by atoms with E-state index in [9.17, 15) is 26.4 Å². The second kappa shape index (κ2) is 5.90. The molecule has 0 heterocycles. The van der Waals surface area contributed by atoms with Crippen molar-refractivity contribution in [2.75, 3.05) is 5.32 Å². The van der Waals surface area contributed by atoms with Crippen LogP contribution in [0.25, 0.3) is 0 Å². The number of nitrogens with two attached hydrogens (primary N) is 1.